The minimum atomic E-state index is -1.36. The molecule has 0 amide bonds. The van der Waals surface area contributed by atoms with E-state index in [1.165, 1.54) is 6.92 Å². The molecule has 0 heterocycles. The average molecular weight is 304 g/mol. The zero-order valence-electron chi connectivity index (χ0n) is 12.9. The fraction of sp³-hybridized carbons (Fsp3) is 0.471. The molecule has 1 aliphatic rings. The molecular formula is C17H20O5. The van der Waals surface area contributed by atoms with Crippen LogP contribution in [-0.2, 0) is 9.53 Å². The predicted octanol–water partition coefficient (Wildman–Crippen LogP) is 2.96. The third-order valence-electron chi connectivity index (χ3n) is 3.55. The lowest BCUT2D eigenvalue weighted by Crippen LogP contribution is -2.27. The van der Waals surface area contributed by atoms with E-state index in [-0.39, 0.29) is 11.1 Å². The van der Waals surface area contributed by atoms with E-state index < -0.39 is 23.6 Å². The number of hydrogen-bond acceptors (Lipinski definition) is 5. The summed E-state index contributed by atoms with van der Waals surface area (Å²) >= 11 is 0. The van der Waals surface area contributed by atoms with Gasteiger partial charge in [0.15, 0.2) is 0 Å². The van der Waals surface area contributed by atoms with Crippen molar-refractivity contribution in [1.29, 1.82) is 0 Å². The normalized spacial score (nSPS) is 16.5. The van der Waals surface area contributed by atoms with Crippen molar-refractivity contribution in [2.75, 3.05) is 6.61 Å². The lowest BCUT2D eigenvalue weighted by Gasteiger charge is -2.09. The van der Waals surface area contributed by atoms with Gasteiger partial charge in [0.2, 0.25) is 17.7 Å². The van der Waals surface area contributed by atoms with E-state index in [2.05, 4.69) is 6.92 Å². The van der Waals surface area contributed by atoms with Crippen molar-refractivity contribution in [2.24, 2.45) is 0 Å². The molecule has 0 aromatic heterocycles. The number of hydrogen-bond donors (Lipinski definition) is 0. The molecule has 0 saturated heterocycles. The highest BCUT2D eigenvalue weighted by atomic mass is 16.5. The Labute approximate surface area is 129 Å². The van der Waals surface area contributed by atoms with Crippen molar-refractivity contribution >= 4 is 17.5 Å². The Bertz CT molecular complexity index is 591. The first-order valence-corrected chi connectivity index (χ1v) is 7.57. The Morgan fingerprint density at radius 1 is 1.14 bits per heavy atom. The van der Waals surface area contributed by atoms with E-state index in [0.717, 1.165) is 25.7 Å². The third kappa shape index (κ3) is 3.35. The van der Waals surface area contributed by atoms with E-state index in [1.807, 2.05) is 0 Å². The number of unbranched alkanes of at least 4 members (excludes halogenated alkanes) is 3. The molecule has 0 saturated carbocycles. The predicted molar refractivity (Wildman–Crippen MR) is 80.3 cm³/mol. The first-order valence-electron chi connectivity index (χ1n) is 7.57. The van der Waals surface area contributed by atoms with Crippen LogP contribution in [0, 0.1) is 0 Å². The van der Waals surface area contributed by atoms with Gasteiger partial charge in [0.1, 0.15) is 5.75 Å². The second-order valence-electron chi connectivity index (χ2n) is 5.31. The highest BCUT2D eigenvalue weighted by Gasteiger charge is 2.43. The summed E-state index contributed by atoms with van der Waals surface area (Å²) in [6.45, 7) is 3.80. The quantitative estimate of drug-likeness (QED) is 0.440. The molecule has 0 bridgehead atoms. The van der Waals surface area contributed by atoms with Crippen LogP contribution in [0.3, 0.4) is 0 Å². The van der Waals surface area contributed by atoms with Gasteiger partial charge in [0, 0.05) is 12.5 Å². The lowest BCUT2D eigenvalue weighted by molar-refractivity contribution is -0.142. The van der Waals surface area contributed by atoms with Gasteiger partial charge in [-0.1, -0.05) is 38.3 Å². The minimum absolute atomic E-state index is 0.231. The van der Waals surface area contributed by atoms with Crippen LogP contribution in [-0.4, -0.2) is 30.2 Å². The molecular weight excluding hydrogens is 284 g/mol. The van der Waals surface area contributed by atoms with Gasteiger partial charge in [-0.05, 0) is 12.5 Å². The highest BCUT2D eigenvalue weighted by molar-refractivity contribution is 6.30. The number of esters is 1. The summed E-state index contributed by atoms with van der Waals surface area (Å²) in [5.41, 5.74) is 0.497. The minimum Gasteiger partial charge on any atom is -0.493 e. The molecule has 1 atom stereocenters. The van der Waals surface area contributed by atoms with Gasteiger partial charge in [0.05, 0.1) is 12.2 Å². The van der Waals surface area contributed by atoms with Gasteiger partial charge in [-0.3, -0.25) is 14.4 Å². The summed E-state index contributed by atoms with van der Waals surface area (Å²) < 4.78 is 10.5. The largest absolute Gasteiger partial charge is 0.493 e. The van der Waals surface area contributed by atoms with Gasteiger partial charge in [-0.15, -0.1) is 0 Å². The number of fused-ring (bicyclic) bond motifs is 1. The molecule has 5 nitrogen and oxygen atoms in total. The van der Waals surface area contributed by atoms with Crippen molar-refractivity contribution in [3.05, 3.63) is 29.3 Å². The second kappa shape index (κ2) is 7.20. The first kappa shape index (κ1) is 16.2. The van der Waals surface area contributed by atoms with Crippen LogP contribution in [0.15, 0.2) is 18.2 Å². The van der Waals surface area contributed by atoms with Gasteiger partial charge in [-0.2, -0.15) is 0 Å². The third-order valence-corrected chi connectivity index (χ3v) is 3.55. The summed E-state index contributed by atoms with van der Waals surface area (Å²) in [5, 5.41) is 0. The van der Waals surface area contributed by atoms with Crippen LogP contribution >= 0.6 is 0 Å². The Kier molecular flexibility index (Phi) is 5.31. The monoisotopic (exact) mass is 304 g/mol. The summed E-state index contributed by atoms with van der Waals surface area (Å²) in [6, 6.07) is 4.89. The molecule has 0 fully saturated rings. The number of ether oxygens (including phenoxy) is 2. The summed E-state index contributed by atoms with van der Waals surface area (Å²) in [6.07, 6.45) is 2.87. The molecule has 0 radical (unpaired) electrons. The number of ketones is 2. The van der Waals surface area contributed by atoms with Crippen LogP contribution in [0.4, 0.5) is 0 Å². The van der Waals surface area contributed by atoms with E-state index in [0.29, 0.717) is 12.4 Å². The maximum absolute atomic E-state index is 12.3. The topological polar surface area (TPSA) is 69.7 Å². The Morgan fingerprint density at radius 3 is 2.59 bits per heavy atom. The van der Waals surface area contributed by atoms with Crippen molar-refractivity contribution < 1.29 is 23.9 Å². The summed E-state index contributed by atoms with van der Waals surface area (Å²) in [7, 11) is 0. The van der Waals surface area contributed by atoms with Crippen molar-refractivity contribution in [3.63, 3.8) is 0 Å². The number of carbonyl (C=O) groups is 3. The van der Waals surface area contributed by atoms with Gasteiger partial charge < -0.3 is 9.47 Å². The van der Waals surface area contributed by atoms with Gasteiger partial charge in [-0.25, -0.2) is 0 Å². The Morgan fingerprint density at radius 2 is 1.91 bits per heavy atom. The van der Waals surface area contributed by atoms with Crippen LogP contribution in [0.25, 0.3) is 0 Å². The number of Topliss-reactive ketones (excluding diaryl/α,β-unsaturated/α-hetero) is 2. The zero-order valence-corrected chi connectivity index (χ0v) is 12.9. The summed E-state index contributed by atoms with van der Waals surface area (Å²) in [5.74, 6) is -1.24. The molecule has 1 unspecified atom stereocenters. The molecule has 1 aromatic carbocycles. The van der Waals surface area contributed by atoms with Crippen LogP contribution in [0.1, 0.15) is 60.2 Å². The molecule has 22 heavy (non-hydrogen) atoms. The van der Waals surface area contributed by atoms with Crippen LogP contribution in [0.2, 0.25) is 0 Å². The molecule has 0 spiro atoms. The Hall–Kier alpha value is -2.17. The zero-order chi connectivity index (χ0) is 16.1. The standard InChI is InChI=1S/C17H20O5/c1-3-4-5-6-10-21-13-9-7-8-12-14(13)16(20)17(15(12)19)22-11(2)18/h7-9,17H,3-6,10H2,1-2H3. The Balaban J connectivity index is 2.12. The van der Waals surface area contributed by atoms with E-state index >= 15 is 0 Å². The maximum Gasteiger partial charge on any atom is 0.303 e. The number of carbonyl (C=O) groups excluding carboxylic acids is 3. The van der Waals surface area contributed by atoms with Gasteiger partial charge in [0.25, 0.3) is 0 Å². The van der Waals surface area contributed by atoms with Crippen LogP contribution in [0.5, 0.6) is 5.75 Å². The lowest BCUT2D eigenvalue weighted by atomic mass is 10.1. The molecule has 5 heteroatoms. The van der Waals surface area contributed by atoms with E-state index in [1.54, 1.807) is 18.2 Å². The molecule has 118 valence electrons. The second-order valence-corrected chi connectivity index (χ2v) is 5.31. The SMILES string of the molecule is CCCCCCOc1cccc2c1C(=O)C(OC(C)=O)C2=O. The average Bonchev–Trinajstić information content (AvgIpc) is 2.72. The van der Waals surface area contributed by atoms with E-state index in [9.17, 15) is 14.4 Å². The van der Waals surface area contributed by atoms with E-state index in [4.69, 9.17) is 9.47 Å². The van der Waals surface area contributed by atoms with Crippen molar-refractivity contribution in [2.45, 2.75) is 45.6 Å². The molecule has 0 aliphatic heterocycles. The maximum atomic E-state index is 12.3. The fourth-order valence-electron chi connectivity index (χ4n) is 2.49. The molecule has 1 aliphatic carbocycles. The highest BCUT2D eigenvalue weighted by Crippen LogP contribution is 2.32. The number of benzene rings is 1. The van der Waals surface area contributed by atoms with Crippen LogP contribution < -0.4 is 4.74 Å². The first-order chi connectivity index (χ1) is 10.6. The summed E-state index contributed by atoms with van der Waals surface area (Å²) in [4.78, 5) is 35.5. The van der Waals surface area contributed by atoms with Crippen molar-refractivity contribution in [1.82, 2.24) is 0 Å². The van der Waals surface area contributed by atoms with Gasteiger partial charge >= 0.3 is 5.97 Å². The number of rotatable bonds is 7. The van der Waals surface area contributed by atoms with Crippen molar-refractivity contribution in [3.8, 4) is 5.75 Å². The molecule has 0 N–H and O–H groups in total. The smallest absolute Gasteiger partial charge is 0.303 e. The molecule has 2 rings (SSSR count). The fourth-order valence-corrected chi connectivity index (χ4v) is 2.49. The molecule has 1 aromatic rings.